The van der Waals surface area contributed by atoms with Crippen molar-refractivity contribution in [3.63, 3.8) is 0 Å². The summed E-state index contributed by atoms with van der Waals surface area (Å²) < 4.78 is 17.0. The fourth-order valence-electron chi connectivity index (χ4n) is 4.52. The summed E-state index contributed by atoms with van der Waals surface area (Å²) in [6.07, 6.45) is 0. The first-order chi connectivity index (χ1) is 20.1. The second kappa shape index (κ2) is 11.3. The number of benzene rings is 4. The van der Waals surface area contributed by atoms with Gasteiger partial charge in [-0.05, 0) is 73.2 Å². The van der Waals surface area contributed by atoms with Crippen LogP contribution in [0.5, 0.6) is 17.2 Å². The van der Waals surface area contributed by atoms with Crippen LogP contribution in [0.15, 0.2) is 124 Å². The van der Waals surface area contributed by atoms with Gasteiger partial charge in [-0.25, -0.2) is 4.99 Å². The largest absolute Gasteiger partial charge is 0.497 e. The number of hydrogen-bond acceptors (Lipinski definition) is 8. The number of oxazole rings is 1. The zero-order valence-corrected chi connectivity index (χ0v) is 22.4. The van der Waals surface area contributed by atoms with Crippen molar-refractivity contribution in [2.45, 2.75) is 13.0 Å². The summed E-state index contributed by atoms with van der Waals surface area (Å²) in [7, 11) is 1.61. The zero-order valence-electron chi connectivity index (χ0n) is 22.4. The standard InChI is InChI=1S/C32H27N5O4/c1-20-28(30(38)34-22-14-18-25(19-15-22)40-24-8-4-3-5-9-24)29(21-12-16-23(39-2)17-13-21)36-31(33-20)37-32-35-26-10-6-7-11-27(26)41-32/h3-19,29H,1-2H3,(H,34,38)(H2,33,35,36,37). The number of nitrogens with zero attached hydrogens (tertiary/aromatic N) is 2. The van der Waals surface area contributed by atoms with Gasteiger partial charge in [0.15, 0.2) is 5.58 Å². The van der Waals surface area contributed by atoms with E-state index in [0.717, 1.165) is 16.8 Å². The minimum Gasteiger partial charge on any atom is -0.497 e. The number of ether oxygens (including phenoxy) is 2. The summed E-state index contributed by atoms with van der Waals surface area (Å²) in [5, 5.41) is 9.31. The Labute approximate surface area is 236 Å². The lowest BCUT2D eigenvalue weighted by Crippen LogP contribution is -2.37. The fourth-order valence-corrected chi connectivity index (χ4v) is 4.52. The fraction of sp³-hybridized carbons (Fsp3) is 0.0938. The molecule has 0 saturated carbocycles. The molecule has 2 heterocycles. The van der Waals surface area contributed by atoms with E-state index in [1.807, 2.05) is 97.9 Å². The van der Waals surface area contributed by atoms with Gasteiger partial charge in [0.25, 0.3) is 5.91 Å². The Kier molecular flexibility index (Phi) is 7.06. The quantitative estimate of drug-likeness (QED) is 0.210. The zero-order chi connectivity index (χ0) is 28.2. The van der Waals surface area contributed by atoms with Crippen LogP contribution in [0.4, 0.5) is 11.7 Å². The number of fused-ring (bicyclic) bond motifs is 1. The molecule has 1 atom stereocenters. The van der Waals surface area contributed by atoms with E-state index in [-0.39, 0.29) is 5.91 Å². The van der Waals surface area contributed by atoms with Crippen LogP contribution in [-0.2, 0) is 4.79 Å². The number of nitrogens with one attached hydrogen (secondary N) is 3. The number of methoxy groups -OCH3 is 1. The average molecular weight is 546 g/mol. The number of allylic oxidation sites excluding steroid dienone is 1. The number of amides is 1. The Morgan fingerprint density at radius 1 is 0.854 bits per heavy atom. The van der Waals surface area contributed by atoms with Crippen LogP contribution >= 0.6 is 0 Å². The van der Waals surface area contributed by atoms with Gasteiger partial charge in [-0.2, -0.15) is 4.98 Å². The Morgan fingerprint density at radius 2 is 1.54 bits per heavy atom. The molecule has 1 aromatic heterocycles. The van der Waals surface area contributed by atoms with Crippen molar-refractivity contribution in [3.8, 4) is 17.2 Å². The van der Waals surface area contributed by atoms with Gasteiger partial charge >= 0.3 is 6.01 Å². The van der Waals surface area contributed by atoms with Crippen LogP contribution in [0.1, 0.15) is 18.5 Å². The molecule has 0 aliphatic carbocycles. The molecule has 204 valence electrons. The summed E-state index contributed by atoms with van der Waals surface area (Å²) in [4.78, 5) is 23.0. The molecule has 3 N–H and O–H groups in total. The van der Waals surface area contributed by atoms with Crippen LogP contribution in [-0.4, -0.2) is 24.0 Å². The third-order valence-corrected chi connectivity index (χ3v) is 6.53. The van der Waals surface area contributed by atoms with Crippen molar-refractivity contribution < 1.29 is 18.7 Å². The van der Waals surface area contributed by atoms with E-state index >= 15 is 0 Å². The lowest BCUT2D eigenvalue weighted by Gasteiger charge is -2.26. The molecule has 0 radical (unpaired) electrons. The van der Waals surface area contributed by atoms with Gasteiger partial charge in [0.05, 0.1) is 12.7 Å². The molecule has 1 unspecified atom stereocenters. The maximum atomic E-state index is 13.7. The second-order valence-corrected chi connectivity index (χ2v) is 9.32. The number of carbonyl (C=O) groups excluding carboxylic acids is 1. The van der Waals surface area contributed by atoms with Gasteiger partial charge in [0.1, 0.15) is 28.8 Å². The highest BCUT2D eigenvalue weighted by Gasteiger charge is 2.30. The van der Waals surface area contributed by atoms with Crippen LogP contribution in [0.25, 0.3) is 11.1 Å². The number of aromatic nitrogens is 1. The molecule has 0 bridgehead atoms. The molecule has 1 aliphatic heterocycles. The van der Waals surface area contributed by atoms with Crippen molar-refractivity contribution in [2.75, 3.05) is 17.7 Å². The van der Waals surface area contributed by atoms with Gasteiger partial charge in [0, 0.05) is 11.4 Å². The number of para-hydroxylation sites is 3. The van der Waals surface area contributed by atoms with E-state index < -0.39 is 6.04 Å². The second-order valence-electron chi connectivity index (χ2n) is 9.32. The van der Waals surface area contributed by atoms with Crippen molar-refractivity contribution in [1.82, 2.24) is 10.3 Å². The number of aliphatic imine (C=N–C) groups is 1. The summed E-state index contributed by atoms with van der Waals surface area (Å²) >= 11 is 0. The molecule has 0 fully saturated rings. The molecule has 0 saturated heterocycles. The van der Waals surface area contributed by atoms with Gasteiger partial charge in [0.2, 0.25) is 5.96 Å². The molecule has 6 rings (SSSR count). The topological polar surface area (TPSA) is 110 Å². The number of rotatable bonds is 7. The molecule has 9 nitrogen and oxygen atoms in total. The SMILES string of the molecule is COc1ccc(C2N=C(Nc3nc4ccccc4o3)NC(C)=C2C(=O)Nc2ccc(Oc3ccccc3)cc2)cc1. The molecule has 9 heteroatoms. The average Bonchev–Trinajstić information content (AvgIpc) is 3.40. The third-order valence-electron chi connectivity index (χ3n) is 6.53. The van der Waals surface area contributed by atoms with Crippen LogP contribution in [0, 0.1) is 0 Å². The lowest BCUT2D eigenvalue weighted by molar-refractivity contribution is -0.113. The number of hydrogen-bond donors (Lipinski definition) is 3. The highest BCUT2D eigenvalue weighted by molar-refractivity contribution is 6.07. The molecular weight excluding hydrogens is 518 g/mol. The Hall–Kier alpha value is -5.57. The molecule has 0 spiro atoms. The Morgan fingerprint density at radius 3 is 2.27 bits per heavy atom. The molecule has 5 aromatic rings. The lowest BCUT2D eigenvalue weighted by atomic mass is 9.95. The van der Waals surface area contributed by atoms with Gasteiger partial charge < -0.3 is 24.5 Å². The van der Waals surface area contributed by atoms with E-state index in [9.17, 15) is 4.79 Å². The molecule has 4 aromatic carbocycles. The first-order valence-corrected chi connectivity index (χ1v) is 13.0. The van der Waals surface area contributed by atoms with E-state index in [1.54, 1.807) is 19.2 Å². The maximum absolute atomic E-state index is 13.7. The predicted octanol–water partition coefficient (Wildman–Crippen LogP) is 6.65. The Balaban J connectivity index is 1.25. The normalized spacial score (nSPS) is 14.7. The van der Waals surface area contributed by atoms with Crippen molar-refractivity contribution in [2.24, 2.45) is 4.99 Å². The first-order valence-electron chi connectivity index (χ1n) is 13.0. The van der Waals surface area contributed by atoms with Gasteiger partial charge in [-0.15, -0.1) is 0 Å². The van der Waals surface area contributed by atoms with E-state index in [1.165, 1.54) is 0 Å². The minimum absolute atomic E-state index is 0.280. The summed E-state index contributed by atoms with van der Waals surface area (Å²) in [6, 6.07) is 31.4. The number of carbonyl (C=O) groups is 1. The van der Waals surface area contributed by atoms with Crippen LogP contribution < -0.4 is 25.4 Å². The van der Waals surface area contributed by atoms with E-state index in [2.05, 4.69) is 20.9 Å². The summed E-state index contributed by atoms with van der Waals surface area (Å²) in [5.41, 5.74) is 3.95. The smallest absolute Gasteiger partial charge is 0.302 e. The van der Waals surface area contributed by atoms with Crippen molar-refractivity contribution >= 4 is 34.7 Å². The monoisotopic (exact) mass is 545 g/mol. The number of guanidine groups is 1. The summed E-state index contributed by atoms with van der Waals surface area (Å²) in [6.45, 7) is 1.84. The molecule has 1 amide bonds. The molecular formula is C32H27N5O4. The van der Waals surface area contributed by atoms with Gasteiger partial charge in [-0.3, -0.25) is 10.1 Å². The third kappa shape index (κ3) is 5.74. The predicted molar refractivity (Wildman–Crippen MR) is 158 cm³/mol. The van der Waals surface area contributed by atoms with E-state index in [4.69, 9.17) is 18.9 Å². The minimum atomic E-state index is -0.602. The van der Waals surface area contributed by atoms with E-state index in [0.29, 0.717) is 46.0 Å². The Bertz CT molecular complexity index is 1710. The maximum Gasteiger partial charge on any atom is 0.302 e. The van der Waals surface area contributed by atoms with Crippen LogP contribution in [0.3, 0.4) is 0 Å². The number of anilines is 2. The van der Waals surface area contributed by atoms with Crippen molar-refractivity contribution in [1.29, 1.82) is 0 Å². The van der Waals surface area contributed by atoms with Crippen LogP contribution in [0.2, 0.25) is 0 Å². The molecule has 41 heavy (non-hydrogen) atoms. The van der Waals surface area contributed by atoms with Gasteiger partial charge in [-0.1, -0.05) is 42.5 Å². The van der Waals surface area contributed by atoms with Crippen molar-refractivity contribution in [3.05, 3.63) is 120 Å². The summed E-state index contributed by atoms with van der Waals surface area (Å²) in [5.74, 6) is 2.24. The highest BCUT2D eigenvalue weighted by Crippen LogP contribution is 2.33. The first kappa shape index (κ1) is 25.7. The molecule has 1 aliphatic rings. The highest BCUT2D eigenvalue weighted by atomic mass is 16.5.